The van der Waals surface area contributed by atoms with Crippen LogP contribution >= 0.6 is 0 Å². The minimum Gasteiger partial charge on any atom is -0.470 e. The molecule has 120 valence electrons. The molecule has 5 heteroatoms. The van der Waals surface area contributed by atoms with Crippen LogP contribution < -0.4 is 15.8 Å². The van der Waals surface area contributed by atoms with Crippen molar-refractivity contribution < 1.29 is 4.74 Å². The van der Waals surface area contributed by atoms with E-state index in [1.165, 1.54) is 0 Å². The molecule has 0 spiro atoms. The summed E-state index contributed by atoms with van der Waals surface area (Å²) in [7, 11) is 0. The van der Waals surface area contributed by atoms with Gasteiger partial charge >= 0.3 is 0 Å². The van der Waals surface area contributed by atoms with Crippen LogP contribution in [0.2, 0.25) is 0 Å². The normalized spacial score (nSPS) is 11.7. The third-order valence-corrected chi connectivity index (χ3v) is 3.14. The number of rotatable bonds is 8. The Morgan fingerprint density at radius 2 is 1.90 bits per heavy atom. The fraction of sp³-hybridized carbons (Fsp3) is 0.688. The van der Waals surface area contributed by atoms with Crippen LogP contribution in [-0.4, -0.2) is 41.7 Å². The second-order valence-corrected chi connectivity index (χ2v) is 6.11. The van der Waals surface area contributed by atoms with Crippen molar-refractivity contribution in [3.05, 3.63) is 12.1 Å². The summed E-state index contributed by atoms with van der Waals surface area (Å²) in [5, 5.41) is 3.33. The van der Waals surface area contributed by atoms with E-state index in [1.807, 2.05) is 32.9 Å². The van der Waals surface area contributed by atoms with Gasteiger partial charge in [0, 0.05) is 6.54 Å². The van der Waals surface area contributed by atoms with Crippen LogP contribution in [-0.2, 0) is 0 Å². The Hall–Kier alpha value is -1.49. The zero-order chi connectivity index (χ0) is 15.9. The van der Waals surface area contributed by atoms with E-state index in [-0.39, 0.29) is 5.60 Å². The van der Waals surface area contributed by atoms with Gasteiger partial charge in [-0.05, 0) is 59.0 Å². The number of anilines is 2. The van der Waals surface area contributed by atoms with Crippen molar-refractivity contribution in [2.75, 3.05) is 37.2 Å². The number of ether oxygens (including phenoxy) is 1. The Morgan fingerprint density at radius 3 is 2.48 bits per heavy atom. The molecule has 0 radical (unpaired) electrons. The van der Waals surface area contributed by atoms with Crippen molar-refractivity contribution in [1.82, 2.24) is 9.88 Å². The van der Waals surface area contributed by atoms with Gasteiger partial charge in [0.2, 0.25) is 5.88 Å². The SMILES string of the molecule is CCN(CC)CCCNc1ccc(N)c(OC(C)(C)C)n1. The molecule has 0 amide bonds. The number of nitrogens with one attached hydrogen (secondary N) is 1. The third-order valence-electron chi connectivity index (χ3n) is 3.14. The maximum absolute atomic E-state index is 5.91. The first-order chi connectivity index (χ1) is 9.85. The molecule has 0 aliphatic heterocycles. The van der Waals surface area contributed by atoms with Gasteiger partial charge < -0.3 is 20.7 Å². The van der Waals surface area contributed by atoms with Gasteiger partial charge in [0.1, 0.15) is 11.4 Å². The third kappa shape index (κ3) is 6.67. The van der Waals surface area contributed by atoms with Crippen molar-refractivity contribution in [3.8, 4) is 5.88 Å². The van der Waals surface area contributed by atoms with Gasteiger partial charge in [-0.15, -0.1) is 0 Å². The van der Waals surface area contributed by atoms with Crippen LogP contribution in [0.5, 0.6) is 5.88 Å². The van der Waals surface area contributed by atoms with E-state index < -0.39 is 0 Å². The Labute approximate surface area is 128 Å². The maximum Gasteiger partial charge on any atom is 0.239 e. The summed E-state index contributed by atoms with van der Waals surface area (Å²) >= 11 is 0. The smallest absolute Gasteiger partial charge is 0.239 e. The predicted molar refractivity (Wildman–Crippen MR) is 89.9 cm³/mol. The Bertz CT molecular complexity index is 425. The summed E-state index contributed by atoms with van der Waals surface area (Å²) < 4.78 is 5.77. The average Bonchev–Trinajstić information content (AvgIpc) is 2.41. The number of hydrogen-bond acceptors (Lipinski definition) is 5. The Kier molecular flexibility index (Phi) is 6.75. The van der Waals surface area contributed by atoms with Crippen LogP contribution in [0.1, 0.15) is 41.0 Å². The standard InChI is InChI=1S/C16H30N4O/c1-6-20(7-2)12-8-11-18-14-10-9-13(17)15(19-14)21-16(3,4)5/h9-10H,6-8,11-12,17H2,1-5H3,(H,18,19). The van der Waals surface area contributed by atoms with Crippen LogP contribution in [0.25, 0.3) is 0 Å². The molecule has 3 N–H and O–H groups in total. The van der Waals surface area contributed by atoms with Crippen molar-refractivity contribution in [2.24, 2.45) is 0 Å². The zero-order valence-corrected chi connectivity index (χ0v) is 14.1. The molecule has 0 atom stereocenters. The molecule has 0 aliphatic rings. The minimum atomic E-state index is -0.303. The second kappa shape index (κ2) is 8.08. The molecule has 0 aromatic carbocycles. The van der Waals surface area contributed by atoms with E-state index >= 15 is 0 Å². The van der Waals surface area contributed by atoms with Gasteiger partial charge in [0.05, 0.1) is 5.69 Å². The van der Waals surface area contributed by atoms with Gasteiger partial charge in [-0.2, -0.15) is 4.98 Å². The first-order valence-corrected chi connectivity index (χ1v) is 7.77. The first-order valence-electron chi connectivity index (χ1n) is 7.77. The second-order valence-electron chi connectivity index (χ2n) is 6.11. The maximum atomic E-state index is 5.91. The molecule has 0 bridgehead atoms. The van der Waals surface area contributed by atoms with Gasteiger partial charge in [0.15, 0.2) is 0 Å². The fourth-order valence-corrected chi connectivity index (χ4v) is 1.98. The zero-order valence-electron chi connectivity index (χ0n) is 14.1. The van der Waals surface area contributed by atoms with Crippen molar-refractivity contribution >= 4 is 11.5 Å². The topological polar surface area (TPSA) is 63.4 Å². The summed E-state index contributed by atoms with van der Waals surface area (Å²) in [5.74, 6) is 1.30. The lowest BCUT2D eigenvalue weighted by atomic mass is 10.2. The Morgan fingerprint density at radius 1 is 1.24 bits per heavy atom. The monoisotopic (exact) mass is 294 g/mol. The molecule has 0 saturated heterocycles. The molecule has 0 saturated carbocycles. The number of nitrogens with zero attached hydrogens (tertiary/aromatic N) is 2. The minimum absolute atomic E-state index is 0.303. The molecule has 0 fully saturated rings. The molecule has 1 rings (SSSR count). The lowest BCUT2D eigenvalue weighted by Gasteiger charge is -2.22. The summed E-state index contributed by atoms with van der Waals surface area (Å²) in [6, 6.07) is 3.73. The molecule has 1 heterocycles. The number of hydrogen-bond donors (Lipinski definition) is 2. The van der Waals surface area contributed by atoms with E-state index in [1.54, 1.807) is 0 Å². The van der Waals surface area contributed by atoms with Gasteiger partial charge in [0.25, 0.3) is 0 Å². The van der Waals surface area contributed by atoms with E-state index in [2.05, 4.69) is 29.0 Å². The van der Waals surface area contributed by atoms with Crippen LogP contribution in [0.15, 0.2) is 12.1 Å². The van der Waals surface area contributed by atoms with Crippen LogP contribution in [0, 0.1) is 0 Å². The first kappa shape index (κ1) is 17.6. The highest BCUT2D eigenvalue weighted by Gasteiger charge is 2.15. The lowest BCUT2D eigenvalue weighted by Crippen LogP contribution is -2.26. The van der Waals surface area contributed by atoms with Gasteiger partial charge in [-0.1, -0.05) is 13.8 Å². The Balaban J connectivity index is 2.51. The molecule has 0 aliphatic carbocycles. The van der Waals surface area contributed by atoms with Crippen molar-refractivity contribution in [3.63, 3.8) is 0 Å². The number of pyridine rings is 1. The summed E-state index contributed by atoms with van der Waals surface area (Å²) in [6.07, 6.45) is 1.09. The number of aromatic nitrogens is 1. The molecular weight excluding hydrogens is 264 g/mol. The summed E-state index contributed by atoms with van der Waals surface area (Å²) in [5.41, 5.74) is 6.17. The molecule has 1 aromatic heterocycles. The van der Waals surface area contributed by atoms with Crippen LogP contribution in [0.3, 0.4) is 0 Å². The van der Waals surface area contributed by atoms with E-state index in [0.717, 1.165) is 38.4 Å². The largest absolute Gasteiger partial charge is 0.470 e. The van der Waals surface area contributed by atoms with Gasteiger partial charge in [-0.25, -0.2) is 0 Å². The molecular formula is C16H30N4O. The van der Waals surface area contributed by atoms with E-state index in [9.17, 15) is 0 Å². The highest BCUT2D eigenvalue weighted by Crippen LogP contribution is 2.24. The number of nitrogen functional groups attached to an aromatic ring is 1. The van der Waals surface area contributed by atoms with Crippen molar-refractivity contribution in [2.45, 2.75) is 46.6 Å². The highest BCUT2D eigenvalue weighted by molar-refractivity contribution is 5.53. The molecule has 5 nitrogen and oxygen atoms in total. The average molecular weight is 294 g/mol. The number of nitrogens with two attached hydrogens (primary N) is 1. The quantitative estimate of drug-likeness (QED) is 0.722. The fourth-order valence-electron chi connectivity index (χ4n) is 1.98. The van der Waals surface area contributed by atoms with Crippen molar-refractivity contribution in [1.29, 1.82) is 0 Å². The molecule has 0 unspecified atom stereocenters. The predicted octanol–water partition coefficient (Wildman–Crippen LogP) is 2.98. The molecule has 1 aromatic rings. The highest BCUT2D eigenvalue weighted by atomic mass is 16.5. The summed E-state index contributed by atoms with van der Waals surface area (Å²) in [4.78, 5) is 6.85. The lowest BCUT2D eigenvalue weighted by molar-refractivity contribution is 0.125. The molecule has 21 heavy (non-hydrogen) atoms. The van der Waals surface area contributed by atoms with E-state index in [4.69, 9.17) is 10.5 Å². The summed E-state index contributed by atoms with van der Waals surface area (Å²) in [6.45, 7) is 14.5. The van der Waals surface area contributed by atoms with Crippen LogP contribution in [0.4, 0.5) is 11.5 Å². The van der Waals surface area contributed by atoms with Gasteiger partial charge in [-0.3, -0.25) is 0 Å². The van der Waals surface area contributed by atoms with E-state index in [0.29, 0.717) is 11.6 Å².